The Morgan fingerprint density at radius 1 is 0.897 bits per heavy atom. The summed E-state index contributed by atoms with van der Waals surface area (Å²) in [6.45, 7) is 1.34. The fraction of sp³-hybridized carbons (Fsp3) is 0.250. The Balaban J connectivity index is 0.000000981. The van der Waals surface area contributed by atoms with Crippen molar-refractivity contribution in [3.8, 4) is 0 Å². The molecule has 0 radical (unpaired) electrons. The molecule has 0 aromatic heterocycles. The molecule has 2 aromatic carbocycles. The molecular weight excluding hydrogens is 402 g/mol. The summed E-state index contributed by atoms with van der Waals surface area (Å²) in [5.41, 5.74) is 2.19. The minimum Gasteiger partial charge on any atom is -0.473 e. The second-order valence-electron chi connectivity index (χ2n) is 5.55. The van der Waals surface area contributed by atoms with Crippen molar-refractivity contribution in [3.05, 3.63) is 71.8 Å². The molecule has 3 N–H and O–H groups in total. The SMILES string of the molecule is COC(=O)[C@H](COCc1ccccc1)NCc1ccccc1.Cl.O=C(O)C(=O)O. The number of hydrogen-bond donors (Lipinski definition) is 3. The highest BCUT2D eigenvalue weighted by Gasteiger charge is 2.18. The summed E-state index contributed by atoms with van der Waals surface area (Å²) in [5.74, 6) is -3.96. The smallest absolute Gasteiger partial charge is 0.414 e. The maximum atomic E-state index is 11.8. The lowest BCUT2D eigenvalue weighted by Crippen LogP contribution is -2.41. The van der Waals surface area contributed by atoms with E-state index in [1.54, 1.807) is 0 Å². The minimum atomic E-state index is -1.82. The molecule has 0 amide bonds. The molecule has 158 valence electrons. The van der Waals surface area contributed by atoms with E-state index >= 15 is 0 Å². The van der Waals surface area contributed by atoms with Gasteiger partial charge in [-0.05, 0) is 11.1 Å². The van der Waals surface area contributed by atoms with Gasteiger partial charge in [-0.1, -0.05) is 60.7 Å². The third-order valence-electron chi connectivity index (χ3n) is 3.46. The fourth-order valence-electron chi connectivity index (χ4n) is 2.06. The summed E-state index contributed by atoms with van der Waals surface area (Å²) in [4.78, 5) is 30.0. The zero-order chi connectivity index (χ0) is 20.8. The molecule has 0 aliphatic rings. The Labute approximate surface area is 174 Å². The van der Waals surface area contributed by atoms with Gasteiger partial charge < -0.3 is 19.7 Å². The second-order valence-corrected chi connectivity index (χ2v) is 5.55. The van der Waals surface area contributed by atoms with Crippen LogP contribution < -0.4 is 5.32 Å². The van der Waals surface area contributed by atoms with Gasteiger partial charge in [0.2, 0.25) is 0 Å². The summed E-state index contributed by atoms with van der Waals surface area (Å²) in [6, 6.07) is 19.3. The molecule has 0 saturated carbocycles. The summed E-state index contributed by atoms with van der Waals surface area (Å²) < 4.78 is 10.5. The van der Waals surface area contributed by atoms with E-state index in [0.29, 0.717) is 13.2 Å². The van der Waals surface area contributed by atoms with Crippen molar-refractivity contribution in [2.75, 3.05) is 13.7 Å². The van der Waals surface area contributed by atoms with E-state index in [4.69, 9.17) is 29.3 Å². The lowest BCUT2D eigenvalue weighted by Gasteiger charge is -2.16. The zero-order valence-corrected chi connectivity index (χ0v) is 16.6. The Morgan fingerprint density at radius 3 is 1.83 bits per heavy atom. The number of carboxylic acid groups (broad SMARTS) is 2. The minimum absolute atomic E-state index is 0. The highest BCUT2D eigenvalue weighted by atomic mass is 35.5. The first-order valence-electron chi connectivity index (χ1n) is 8.37. The number of hydrogen-bond acceptors (Lipinski definition) is 6. The number of carbonyl (C=O) groups is 3. The van der Waals surface area contributed by atoms with Crippen molar-refractivity contribution < 1.29 is 34.1 Å². The van der Waals surface area contributed by atoms with E-state index in [-0.39, 0.29) is 25.0 Å². The van der Waals surface area contributed by atoms with Crippen LogP contribution in [0.25, 0.3) is 0 Å². The van der Waals surface area contributed by atoms with Gasteiger partial charge in [-0.2, -0.15) is 0 Å². The number of nitrogens with one attached hydrogen (secondary N) is 1. The lowest BCUT2D eigenvalue weighted by molar-refractivity contribution is -0.159. The molecule has 0 aliphatic carbocycles. The summed E-state index contributed by atoms with van der Waals surface area (Å²) >= 11 is 0. The first-order valence-corrected chi connectivity index (χ1v) is 8.37. The van der Waals surface area contributed by atoms with Crippen molar-refractivity contribution in [1.82, 2.24) is 5.32 Å². The number of benzene rings is 2. The van der Waals surface area contributed by atoms with Crippen molar-refractivity contribution in [1.29, 1.82) is 0 Å². The van der Waals surface area contributed by atoms with Gasteiger partial charge in [0.15, 0.2) is 0 Å². The molecule has 0 aliphatic heterocycles. The largest absolute Gasteiger partial charge is 0.473 e. The number of ether oxygens (including phenoxy) is 2. The molecule has 0 saturated heterocycles. The first kappa shape index (κ1) is 26.1. The highest BCUT2D eigenvalue weighted by Crippen LogP contribution is 2.03. The van der Waals surface area contributed by atoms with Crippen LogP contribution in [0.1, 0.15) is 11.1 Å². The van der Waals surface area contributed by atoms with Crippen LogP contribution in [-0.2, 0) is 37.0 Å². The topological polar surface area (TPSA) is 122 Å². The predicted molar refractivity (Wildman–Crippen MR) is 108 cm³/mol. The quantitative estimate of drug-likeness (QED) is 0.434. The van der Waals surface area contributed by atoms with Gasteiger partial charge in [0.25, 0.3) is 0 Å². The molecule has 0 fully saturated rings. The lowest BCUT2D eigenvalue weighted by atomic mass is 10.2. The molecule has 1 atom stereocenters. The standard InChI is InChI=1S/C18H21NO3.C2H2O4.ClH/c1-21-18(20)17(19-12-15-8-4-2-5-9-15)14-22-13-16-10-6-3-7-11-16;3-1(4)2(5)6;/h2-11,17,19H,12-14H2,1H3;(H,3,4)(H,5,6);1H/t17-;;/m0../s1. The van der Waals surface area contributed by atoms with Crippen LogP contribution >= 0.6 is 12.4 Å². The van der Waals surface area contributed by atoms with Gasteiger partial charge in [0, 0.05) is 6.54 Å². The molecule has 0 bridgehead atoms. The van der Waals surface area contributed by atoms with Crippen molar-refractivity contribution in [2.45, 2.75) is 19.2 Å². The molecule has 2 aromatic rings. The van der Waals surface area contributed by atoms with Gasteiger partial charge in [-0.15, -0.1) is 12.4 Å². The second kappa shape index (κ2) is 15.0. The number of rotatable bonds is 8. The molecule has 0 spiro atoms. The van der Waals surface area contributed by atoms with Crippen LogP contribution in [0.15, 0.2) is 60.7 Å². The van der Waals surface area contributed by atoms with Crippen LogP contribution in [0.5, 0.6) is 0 Å². The molecule has 2 rings (SSSR count). The predicted octanol–water partition coefficient (Wildman–Crippen LogP) is 2.11. The van der Waals surface area contributed by atoms with Gasteiger partial charge in [-0.3, -0.25) is 10.1 Å². The number of methoxy groups -OCH3 is 1. The fourth-order valence-corrected chi connectivity index (χ4v) is 2.06. The molecule has 9 heteroatoms. The van der Waals surface area contributed by atoms with Crippen molar-refractivity contribution in [3.63, 3.8) is 0 Å². The molecule has 29 heavy (non-hydrogen) atoms. The highest BCUT2D eigenvalue weighted by molar-refractivity contribution is 6.27. The average molecular weight is 426 g/mol. The Morgan fingerprint density at radius 2 is 1.38 bits per heavy atom. The third-order valence-corrected chi connectivity index (χ3v) is 3.46. The molecule has 8 nitrogen and oxygen atoms in total. The first-order chi connectivity index (χ1) is 13.4. The number of aliphatic carboxylic acids is 2. The van der Waals surface area contributed by atoms with E-state index < -0.39 is 18.0 Å². The molecule has 0 heterocycles. The van der Waals surface area contributed by atoms with E-state index in [0.717, 1.165) is 11.1 Å². The third kappa shape index (κ3) is 11.5. The van der Waals surface area contributed by atoms with Gasteiger partial charge in [0.1, 0.15) is 6.04 Å². The van der Waals surface area contributed by atoms with Crippen LogP contribution in [0, 0.1) is 0 Å². The average Bonchev–Trinajstić information content (AvgIpc) is 2.72. The van der Waals surface area contributed by atoms with Crippen LogP contribution in [-0.4, -0.2) is 47.9 Å². The number of esters is 1. The number of halogens is 1. The van der Waals surface area contributed by atoms with E-state index in [2.05, 4.69) is 5.32 Å². The van der Waals surface area contributed by atoms with Crippen molar-refractivity contribution >= 4 is 30.3 Å². The maximum Gasteiger partial charge on any atom is 0.414 e. The Kier molecular flexibility index (Phi) is 13.5. The summed E-state index contributed by atoms with van der Waals surface area (Å²) in [6.07, 6.45) is 0. The van der Waals surface area contributed by atoms with Gasteiger partial charge in [0.05, 0.1) is 20.3 Å². The van der Waals surface area contributed by atoms with Crippen LogP contribution in [0.4, 0.5) is 0 Å². The molecular formula is C20H24ClNO7. The molecule has 0 unspecified atom stereocenters. The van der Waals surface area contributed by atoms with Crippen LogP contribution in [0.2, 0.25) is 0 Å². The zero-order valence-electron chi connectivity index (χ0n) is 15.8. The number of carbonyl (C=O) groups excluding carboxylic acids is 1. The van der Waals surface area contributed by atoms with Crippen LogP contribution in [0.3, 0.4) is 0 Å². The monoisotopic (exact) mass is 425 g/mol. The van der Waals surface area contributed by atoms with E-state index in [1.807, 2.05) is 60.7 Å². The summed E-state index contributed by atoms with van der Waals surface area (Å²) in [7, 11) is 1.39. The number of carboxylic acids is 2. The van der Waals surface area contributed by atoms with Gasteiger partial charge in [-0.25, -0.2) is 9.59 Å². The maximum absolute atomic E-state index is 11.8. The Hall–Kier alpha value is -2.94. The van der Waals surface area contributed by atoms with E-state index in [9.17, 15) is 4.79 Å². The van der Waals surface area contributed by atoms with Crippen molar-refractivity contribution in [2.24, 2.45) is 0 Å². The Bertz CT molecular complexity index is 729. The van der Waals surface area contributed by atoms with E-state index in [1.165, 1.54) is 7.11 Å². The van der Waals surface area contributed by atoms with Gasteiger partial charge >= 0.3 is 17.9 Å². The normalized spacial score (nSPS) is 10.5. The summed E-state index contributed by atoms with van der Waals surface area (Å²) in [5, 5.41) is 18.0.